The Morgan fingerprint density at radius 2 is 0.870 bits per heavy atom. The largest absolute Gasteiger partial charge is 0.465 e. The third-order valence-electron chi connectivity index (χ3n) is 9.85. The molecule has 0 saturated heterocycles. The van der Waals surface area contributed by atoms with Gasteiger partial charge in [0.15, 0.2) is 5.92 Å². The van der Waals surface area contributed by atoms with Gasteiger partial charge in [-0.2, -0.15) is 0 Å². The fraction of sp³-hybridized carbons (Fsp3) is 0.617. The summed E-state index contributed by atoms with van der Waals surface area (Å²) in [5.41, 5.74) is 1.53. The van der Waals surface area contributed by atoms with Crippen molar-refractivity contribution in [3.63, 3.8) is 0 Å². The van der Waals surface area contributed by atoms with Crippen LogP contribution >= 0.6 is 0 Å². The summed E-state index contributed by atoms with van der Waals surface area (Å²) in [6.07, 6.45) is 33.2. The van der Waals surface area contributed by atoms with Gasteiger partial charge in [0.2, 0.25) is 0 Å². The fourth-order valence-electron chi connectivity index (χ4n) is 6.38. The van der Waals surface area contributed by atoms with Crippen LogP contribution in [-0.4, -0.2) is 37.4 Å². The molecule has 0 saturated carbocycles. The Labute approximate surface area is 327 Å². The fourth-order valence-corrected chi connectivity index (χ4v) is 6.38. The molecule has 0 bridgehead atoms. The molecule has 2 aromatic rings. The maximum absolute atomic E-state index is 13.1. The van der Waals surface area contributed by atoms with E-state index in [-0.39, 0.29) is 13.2 Å². The topological polar surface area (TPSA) is 96.0 Å². The number of hydrogen-bond acceptors (Lipinski definition) is 7. The van der Waals surface area contributed by atoms with E-state index >= 15 is 0 Å². The second kappa shape index (κ2) is 31.6. The minimum absolute atomic E-state index is 0.279. The number of hydrogen-bond donors (Lipinski definition) is 0. The van der Waals surface area contributed by atoms with Crippen LogP contribution < -0.4 is 4.74 Å². The van der Waals surface area contributed by atoms with Crippen molar-refractivity contribution in [3.8, 4) is 5.75 Å². The molecule has 0 unspecified atom stereocenters. The Morgan fingerprint density at radius 1 is 0.500 bits per heavy atom. The quantitative estimate of drug-likeness (QED) is 0.0236. The molecule has 0 heterocycles. The normalized spacial score (nSPS) is 11.2. The zero-order valence-electron chi connectivity index (χ0n) is 33.7. The molecule has 54 heavy (non-hydrogen) atoms. The highest BCUT2D eigenvalue weighted by Gasteiger charge is 2.27. The predicted molar refractivity (Wildman–Crippen MR) is 220 cm³/mol. The average Bonchev–Trinajstić information content (AvgIpc) is 3.19. The second-order valence-electron chi connectivity index (χ2n) is 14.6. The average molecular weight is 747 g/mol. The van der Waals surface area contributed by atoms with E-state index in [0.717, 1.165) is 44.8 Å². The van der Waals surface area contributed by atoms with E-state index < -0.39 is 23.8 Å². The van der Waals surface area contributed by atoms with Crippen LogP contribution in [0.15, 0.2) is 54.6 Å². The zero-order valence-corrected chi connectivity index (χ0v) is 33.7. The smallest absolute Gasteiger partial charge is 0.343 e. The van der Waals surface area contributed by atoms with Crippen LogP contribution in [0.5, 0.6) is 5.75 Å². The molecule has 0 radical (unpaired) electrons. The van der Waals surface area contributed by atoms with Crippen LogP contribution in [-0.2, 0) is 19.1 Å². The molecule has 0 N–H and O–H groups in total. The van der Waals surface area contributed by atoms with Gasteiger partial charge in [-0.05, 0) is 54.8 Å². The van der Waals surface area contributed by atoms with Gasteiger partial charge in [-0.3, -0.25) is 14.4 Å². The third kappa shape index (κ3) is 22.5. The van der Waals surface area contributed by atoms with E-state index in [0.29, 0.717) is 22.4 Å². The minimum atomic E-state index is -1.17. The predicted octanol–water partition coefficient (Wildman–Crippen LogP) is 12.8. The first-order valence-corrected chi connectivity index (χ1v) is 21.4. The summed E-state index contributed by atoms with van der Waals surface area (Å²) >= 11 is 0. The van der Waals surface area contributed by atoms with Crippen molar-refractivity contribution < 1.29 is 33.4 Å². The monoisotopic (exact) mass is 747 g/mol. The van der Waals surface area contributed by atoms with Gasteiger partial charge in [-0.15, -0.1) is 0 Å². The number of rotatable bonds is 33. The lowest BCUT2D eigenvalue weighted by Gasteiger charge is -2.13. The lowest BCUT2D eigenvalue weighted by molar-refractivity contribution is -0.159. The Balaban J connectivity index is 1.81. The molecule has 0 aliphatic heterocycles. The molecule has 7 heteroatoms. The highest BCUT2D eigenvalue weighted by molar-refractivity contribution is 5.98. The molecular formula is C47H70O7. The summed E-state index contributed by atoms with van der Waals surface area (Å²) in [5, 5.41) is 0. The molecule has 2 aromatic carbocycles. The van der Waals surface area contributed by atoms with E-state index in [1.54, 1.807) is 54.6 Å². The Kier molecular flexibility index (Phi) is 27.2. The number of carbonyl (C=O) groups is 4. The van der Waals surface area contributed by atoms with Crippen LogP contribution in [0, 0.1) is 5.92 Å². The summed E-state index contributed by atoms with van der Waals surface area (Å²) in [4.78, 5) is 49.8. The maximum Gasteiger partial charge on any atom is 0.343 e. The van der Waals surface area contributed by atoms with E-state index in [1.165, 1.54) is 122 Å². The van der Waals surface area contributed by atoms with Crippen LogP contribution in [0.4, 0.5) is 0 Å². The van der Waals surface area contributed by atoms with Gasteiger partial charge in [-0.1, -0.05) is 179 Å². The lowest BCUT2D eigenvalue weighted by atomic mass is 10.1. The van der Waals surface area contributed by atoms with Crippen molar-refractivity contribution in [3.05, 3.63) is 71.3 Å². The summed E-state index contributed by atoms with van der Waals surface area (Å²) in [7, 11) is 0. The molecule has 2 rings (SSSR count). The first-order chi connectivity index (χ1) is 26.5. The number of unbranched alkanes of at least 4 members (excludes halogenated alkanes) is 22. The van der Waals surface area contributed by atoms with E-state index in [1.807, 2.05) is 0 Å². The number of carbonyl (C=O) groups excluding carboxylic acids is 4. The SMILES string of the molecule is CCCCCCCCCCCCCCOC(=O)C(/C=C/c1ccc(C(=O)Oc2ccc(C=O)cc2)cc1)C(=O)OCCCCCCCCCCCCCC. The Hall–Kier alpha value is -3.74. The lowest BCUT2D eigenvalue weighted by Crippen LogP contribution is -2.27. The molecule has 300 valence electrons. The van der Waals surface area contributed by atoms with Gasteiger partial charge < -0.3 is 14.2 Å². The maximum atomic E-state index is 13.1. The van der Waals surface area contributed by atoms with Gasteiger partial charge in [0.05, 0.1) is 18.8 Å². The van der Waals surface area contributed by atoms with Gasteiger partial charge in [0.25, 0.3) is 0 Å². The molecular weight excluding hydrogens is 677 g/mol. The summed E-state index contributed by atoms with van der Waals surface area (Å²) < 4.78 is 16.6. The first-order valence-electron chi connectivity index (χ1n) is 21.4. The van der Waals surface area contributed by atoms with Crippen molar-refractivity contribution in [1.29, 1.82) is 0 Å². The molecule has 0 fully saturated rings. The molecule has 0 spiro atoms. The van der Waals surface area contributed by atoms with Gasteiger partial charge >= 0.3 is 17.9 Å². The molecule has 0 aromatic heterocycles. The van der Waals surface area contributed by atoms with Crippen LogP contribution in [0.25, 0.3) is 6.08 Å². The van der Waals surface area contributed by atoms with Crippen LogP contribution in [0.3, 0.4) is 0 Å². The first kappa shape index (κ1) is 46.4. The molecule has 7 nitrogen and oxygen atoms in total. The Bertz CT molecular complexity index is 1260. The van der Waals surface area contributed by atoms with Crippen LogP contribution in [0.1, 0.15) is 194 Å². The molecule has 0 amide bonds. The highest BCUT2D eigenvalue weighted by atomic mass is 16.6. The number of benzene rings is 2. The van der Waals surface area contributed by atoms with E-state index in [9.17, 15) is 19.2 Å². The summed E-state index contributed by atoms with van der Waals surface area (Å²) in [6.45, 7) is 5.05. The minimum Gasteiger partial charge on any atom is -0.465 e. The van der Waals surface area contributed by atoms with Crippen molar-refractivity contribution in [2.45, 2.75) is 168 Å². The summed E-state index contributed by atoms with van der Waals surface area (Å²) in [6, 6.07) is 13.0. The second-order valence-corrected chi connectivity index (χ2v) is 14.6. The molecule has 0 aliphatic carbocycles. The standard InChI is InChI=1S/C47H70O7/c1-3-5-7-9-11-13-15-17-19-21-23-25-37-52-46(50)44(47(51)53-38-26-24-22-20-18-16-14-12-10-8-6-4-2)36-31-40-27-32-42(33-28-40)45(49)54-43-34-29-41(39-48)30-35-43/h27-36,39,44H,3-26,37-38H2,1-2H3/b36-31+. The zero-order chi connectivity index (χ0) is 38.9. The van der Waals surface area contributed by atoms with Crippen LogP contribution in [0.2, 0.25) is 0 Å². The summed E-state index contributed by atoms with van der Waals surface area (Å²) in [5.74, 6) is -2.57. The number of ether oxygens (including phenoxy) is 3. The van der Waals surface area contributed by atoms with Crippen molar-refractivity contribution in [1.82, 2.24) is 0 Å². The number of esters is 3. The van der Waals surface area contributed by atoms with Gasteiger partial charge in [-0.25, -0.2) is 4.79 Å². The van der Waals surface area contributed by atoms with Gasteiger partial charge in [0.1, 0.15) is 12.0 Å². The van der Waals surface area contributed by atoms with E-state index in [4.69, 9.17) is 14.2 Å². The number of aldehydes is 1. The van der Waals surface area contributed by atoms with Crippen molar-refractivity contribution in [2.24, 2.45) is 5.92 Å². The third-order valence-corrected chi connectivity index (χ3v) is 9.85. The van der Waals surface area contributed by atoms with Gasteiger partial charge in [0, 0.05) is 5.56 Å². The molecule has 0 atom stereocenters. The van der Waals surface area contributed by atoms with Crippen molar-refractivity contribution >= 4 is 30.3 Å². The Morgan fingerprint density at radius 3 is 1.26 bits per heavy atom. The molecule has 0 aliphatic rings. The van der Waals surface area contributed by atoms with E-state index in [2.05, 4.69) is 13.8 Å². The van der Waals surface area contributed by atoms with Crippen molar-refractivity contribution in [2.75, 3.05) is 13.2 Å². The highest BCUT2D eigenvalue weighted by Crippen LogP contribution is 2.18.